The first-order valence-corrected chi connectivity index (χ1v) is 6.66. The van der Waals surface area contributed by atoms with Crippen molar-refractivity contribution in [1.29, 1.82) is 0 Å². The second-order valence-electron chi connectivity index (χ2n) is 4.60. The van der Waals surface area contributed by atoms with E-state index in [4.69, 9.17) is 17.0 Å². The van der Waals surface area contributed by atoms with Crippen LogP contribution in [0.2, 0.25) is 0 Å². The number of hydrogen-bond donors (Lipinski definition) is 1. The molecule has 0 saturated carbocycles. The molecule has 16 heavy (non-hydrogen) atoms. The summed E-state index contributed by atoms with van der Waals surface area (Å²) in [5, 5.41) is 4.23. The predicted molar refractivity (Wildman–Crippen MR) is 71.7 cm³/mol. The smallest absolute Gasteiger partial charge is 0.168 e. The quantitative estimate of drug-likeness (QED) is 0.604. The predicted octanol–water partition coefficient (Wildman–Crippen LogP) is 2.02. The molecule has 4 heteroatoms. The summed E-state index contributed by atoms with van der Waals surface area (Å²) in [7, 11) is 1.73. The van der Waals surface area contributed by atoms with Crippen molar-refractivity contribution in [3.63, 3.8) is 0 Å². The van der Waals surface area contributed by atoms with Crippen LogP contribution in [0.5, 0.6) is 0 Å². The van der Waals surface area contributed by atoms with Gasteiger partial charge in [-0.2, -0.15) is 0 Å². The van der Waals surface area contributed by atoms with Gasteiger partial charge < -0.3 is 15.0 Å². The fourth-order valence-electron chi connectivity index (χ4n) is 1.99. The fraction of sp³-hybridized carbons (Fsp3) is 0.917. The third-order valence-electron chi connectivity index (χ3n) is 3.11. The van der Waals surface area contributed by atoms with Crippen LogP contribution in [0.1, 0.15) is 32.6 Å². The molecule has 1 fully saturated rings. The van der Waals surface area contributed by atoms with E-state index >= 15 is 0 Å². The van der Waals surface area contributed by atoms with Crippen molar-refractivity contribution < 1.29 is 4.74 Å². The SMILES string of the molecule is COCCCNC(=S)N1CCCC(C)CC1. The summed E-state index contributed by atoms with van der Waals surface area (Å²) < 4.78 is 5.01. The van der Waals surface area contributed by atoms with Crippen LogP contribution >= 0.6 is 12.2 Å². The maximum Gasteiger partial charge on any atom is 0.168 e. The minimum atomic E-state index is 0.798. The van der Waals surface area contributed by atoms with Gasteiger partial charge in [-0.05, 0) is 43.8 Å². The van der Waals surface area contributed by atoms with E-state index in [0.717, 1.165) is 43.7 Å². The first-order valence-electron chi connectivity index (χ1n) is 6.25. The molecule has 0 aromatic carbocycles. The Morgan fingerprint density at radius 3 is 3.00 bits per heavy atom. The number of ether oxygens (including phenoxy) is 1. The van der Waals surface area contributed by atoms with Gasteiger partial charge in [0.15, 0.2) is 5.11 Å². The van der Waals surface area contributed by atoms with Crippen LogP contribution in [0.15, 0.2) is 0 Å². The number of nitrogens with zero attached hydrogens (tertiary/aromatic N) is 1. The van der Waals surface area contributed by atoms with Gasteiger partial charge in [0, 0.05) is 33.4 Å². The van der Waals surface area contributed by atoms with Gasteiger partial charge >= 0.3 is 0 Å². The molecule has 0 spiro atoms. The lowest BCUT2D eigenvalue weighted by atomic mass is 10.0. The molecule has 94 valence electrons. The Labute approximate surface area is 105 Å². The third kappa shape index (κ3) is 5.12. The van der Waals surface area contributed by atoms with E-state index in [0.29, 0.717) is 0 Å². The normalized spacial score (nSPS) is 21.6. The molecule has 1 rings (SSSR count). The van der Waals surface area contributed by atoms with Gasteiger partial charge in [-0.25, -0.2) is 0 Å². The fourth-order valence-corrected chi connectivity index (χ4v) is 2.27. The standard InChI is InChI=1S/C12H24N2OS/c1-11-5-3-8-14(9-6-11)12(16)13-7-4-10-15-2/h11H,3-10H2,1-2H3,(H,13,16). The lowest BCUT2D eigenvalue weighted by Crippen LogP contribution is -2.40. The molecule has 1 atom stereocenters. The molecule has 0 aliphatic carbocycles. The highest BCUT2D eigenvalue weighted by Gasteiger charge is 2.15. The van der Waals surface area contributed by atoms with Gasteiger partial charge in [0.05, 0.1) is 0 Å². The van der Waals surface area contributed by atoms with Crippen molar-refractivity contribution in [3.05, 3.63) is 0 Å². The van der Waals surface area contributed by atoms with Crippen LogP contribution in [-0.2, 0) is 4.74 Å². The van der Waals surface area contributed by atoms with E-state index in [1.165, 1.54) is 19.3 Å². The van der Waals surface area contributed by atoms with Gasteiger partial charge in [0.2, 0.25) is 0 Å². The Kier molecular flexibility index (Phi) is 6.73. The van der Waals surface area contributed by atoms with E-state index in [9.17, 15) is 0 Å². The van der Waals surface area contributed by atoms with Crippen LogP contribution in [0.4, 0.5) is 0 Å². The minimum absolute atomic E-state index is 0.798. The van der Waals surface area contributed by atoms with E-state index in [2.05, 4.69) is 17.1 Å². The van der Waals surface area contributed by atoms with Crippen molar-refractivity contribution in [2.45, 2.75) is 32.6 Å². The number of nitrogens with one attached hydrogen (secondary N) is 1. The van der Waals surface area contributed by atoms with Gasteiger partial charge in [-0.1, -0.05) is 6.92 Å². The van der Waals surface area contributed by atoms with Crippen LogP contribution in [0.3, 0.4) is 0 Å². The number of thiocarbonyl (C=S) groups is 1. The largest absolute Gasteiger partial charge is 0.385 e. The molecule has 3 nitrogen and oxygen atoms in total. The molecule has 1 aliphatic heterocycles. The summed E-state index contributed by atoms with van der Waals surface area (Å²) >= 11 is 5.40. The first kappa shape index (κ1) is 13.7. The third-order valence-corrected chi connectivity index (χ3v) is 3.51. The zero-order valence-electron chi connectivity index (χ0n) is 10.5. The van der Waals surface area contributed by atoms with Crippen LogP contribution in [0.25, 0.3) is 0 Å². The molecule has 1 unspecified atom stereocenters. The molecule has 1 saturated heterocycles. The Balaban J connectivity index is 2.19. The van der Waals surface area contributed by atoms with Crippen molar-refractivity contribution in [2.75, 3.05) is 33.4 Å². The number of likely N-dealkylation sites (tertiary alicyclic amines) is 1. The average molecular weight is 244 g/mol. The highest BCUT2D eigenvalue weighted by Crippen LogP contribution is 2.16. The second kappa shape index (κ2) is 7.85. The van der Waals surface area contributed by atoms with Crippen molar-refractivity contribution in [2.24, 2.45) is 5.92 Å². The maximum atomic E-state index is 5.40. The zero-order valence-corrected chi connectivity index (χ0v) is 11.3. The van der Waals surface area contributed by atoms with Crippen LogP contribution in [0, 0.1) is 5.92 Å². The lowest BCUT2D eigenvalue weighted by molar-refractivity contribution is 0.195. The summed E-state index contributed by atoms with van der Waals surface area (Å²) in [6.07, 6.45) is 4.88. The Morgan fingerprint density at radius 2 is 2.25 bits per heavy atom. The summed E-state index contributed by atoms with van der Waals surface area (Å²) in [5.74, 6) is 0.848. The zero-order chi connectivity index (χ0) is 11.8. The van der Waals surface area contributed by atoms with E-state index in [-0.39, 0.29) is 0 Å². The van der Waals surface area contributed by atoms with Crippen molar-refractivity contribution in [3.8, 4) is 0 Å². The van der Waals surface area contributed by atoms with E-state index < -0.39 is 0 Å². The Morgan fingerprint density at radius 1 is 1.44 bits per heavy atom. The molecular weight excluding hydrogens is 220 g/mol. The summed E-state index contributed by atoms with van der Waals surface area (Å²) in [6.45, 7) is 6.27. The van der Waals surface area contributed by atoms with Crippen molar-refractivity contribution >= 4 is 17.3 Å². The van der Waals surface area contributed by atoms with Crippen LogP contribution in [-0.4, -0.2) is 43.4 Å². The average Bonchev–Trinajstić information content (AvgIpc) is 2.49. The maximum absolute atomic E-state index is 5.40. The molecule has 0 aromatic heterocycles. The molecule has 0 bridgehead atoms. The molecular formula is C12H24N2OS. The highest BCUT2D eigenvalue weighted by atomic mass is 32.1. The van der Waals surface area contributed by atoms with Gasteiger partial charge in [-0.15, -0.1) is 0 Å². The molecule has 0 amide bonds. The molecule has 0 radical (unpaired) electrons. The van der Waals surface area contributed by atoms with Gasteiger partial charge in [-0.3, -0.25) is 0 Å². The van der Waals surface area contributed by atoms with Crippen LogP contribution < -0.4 is 5.32 Å². The minimum Gasteiger partial charge on any atom is -0.385 e. The summed E-state index contributed by atoms with van der Waals surface area (Å²) in [6, 6.07) is 0. The molecule has 1 N–H and O–H groups in total. The molecule has 1 aliphatic rings. The number of methoxy groups -OCH3 is 1. The monoisotopic (exact) mass is 244 g/mol. The summed E-state index contributed by atoms with van der Waals surface area (Å²) in [5.41, 5.74) is 0. The van der Waals surface area contributed by atoms with Gasteiger partial charge in [0.1, 0.15) is 0 Å². The Bertz CT molecular complexity index is 211. The topological polar surface area (TPSA) is 24.5 Å². The highest BCUT2D eigenvalue weighted by molar-refractivity contribution is 7.80. The van der Waals surface area contributed by atoms with Gasteiger partial charge in [0.25, 0.3) is 0 Å². The molecule has 0 aromatic rings. The molecule has 1 heterocycles. The lowest BCUT2D eigenvalue weighted by Gasteiger charge is -2.24. The number of hydrogen-bond acceptors (Lipinski definition) is 2. The Hall–Kier alpha value is -0.350. The van der Waals surface area contributed by atoms with Crippen molar-refractivity contribution in [1.82, 2.24) is 10.2 Å². The summed E-state index contributed by atoms with van der Waals surface area (Å²) in [4.78, 5) is 2.31. The van der Waals surface area contributed by atoms with E-state index in [1.807, 2.05) is 0 Å². The second-order valence-corrected chi connectivity index (χ2v) is 4.99. The van der Waals surface area contributed by atoms with E-state index in [1.54, 1.807) is 7.11 Å². The first-order chi connectivity index (χ1) is 7.74. The number of rotatable bonds is 4.